The second-order valence-electron chi connectivity index (χ2n) is 4.40. The summed E-state index contributed by atoms with van der Waals surface area (Å²) in [4.78, 5) is 7.84. The van der Waals surface area contributed by atoms with E-state index in [0.29, 0.717) is 5.69 Å². The van der Waals surface area contributed by atoms with Gasteiger partial charge in [-0.15, -0.1) is 0 Å². The van der Waals surface area contributed by atoms with E-state index in [1.165, 1.54) is 44.6 Å². The molecule has 0 fully saturated rings. The van der Waals surface area contributed by atoms with Crippen molar-refractivity contribution in [2.45, 2.75) is 4.90 Å². The van der Waals surface area contributed by atoms with Gasteiger partial charge >= 0.3 is 6.01 Å². The predicted molar refractivity (Wildman–Crippen MR) is 92.8 cm³/mol. The van der Waals surface area contributed by atoms with E-state index in [9.17, 15) is 8.42 Å². The van der Waals surface area contributed by atoms with Crippen LogP contribution in [-0.4, -0.2) is 37.7 Å². The van der Waals surface area contributed by atoms with Crippen LogP contribution < -0.4 is 25.2 Å². The Bertz CT molecular complexity index is 818. The molecule has 4 N–H and O–H groups in total. The lowest BCUT2D eigenvalue weighted by Gasteiger charge is -2.10. The van der Waals surface area contributed by atoms with Gasteiger partial charge in [0.05, 0.1) is 19.1 Å². The molecule has 1 aromatic carbocycles. The Morgan fingerprint density at radius 1 is 1.17 bits per heavy atom. The van der Waals surface area contributed by atoms with Gasteiger partial charge in [0, 0.05) is 11.8 Å². The van der Waals surface area contributed by atoms with Gasteiger partial charge in [-0.2, -0.15) is 9.97 Å². The van der Waals surface area contributed by atoms with Gasteiger partial charge in [0.1, 0.15) is 0 Å². The molecule has 0 unspecified atom stereocenters. The molecule has 0 spiro atoms. The van der Waals surface area contributed by atoms with E-state index in [1.807, 2.05) is 0 Å². The molecule has 1 aromatic heterocycles. The Balaban J connectivity index is 2.26. The minimum absolute atomic E-state index is 0.0176. The van der Waals surface area contributed by atoms with Gasteiger partial charge in [-0.05, 0) is 36.5 Å². The lowest BCUT2D eigenvalue weighted by atomic mass is 10.3. The number of sulfonamides is 1. The highest BCUT2D eigenvalue weighted by molar-refractivity contribution is 7.92. The number of methoxy groups -OCH3 is 2. The van der Waals surface area contributed by atoms with Gasteiger partial charge < -0.3 is 20.5 Å². The van der Waals surface area contributed by atoms with Crippen LogP contribution in [-0.2, 0) is 10.0 Å². The fourth-order valence-corrected chi connectivity index (χ4v) is 2.82. The maximum Gasteiger partial charge on any atom is 0.321 e. The molecule has 0 amide bonds. The summed E-state index contributed by atoms with van der Waals surface area (Å²) >= 11 is 4.72. The molecule has 0 radical (unpaired) electrons. The Morgan fingerprint density at radius 2 is 1.83 bits per heavy atom. The third kappa shape index (κ3) is 4.43. The fourth-order valence-electron chi connectivity index (χ4n) is 1.71. The van der Waals surface area contributed by atoms with Crippen molar-refractivity contribution in [3.8, 4) is 11.9 Å². The number of nitrogens with one attached hydrogen (secondary N) is 2. The van der Waals surface area contributed by atoms with Crippen LogP contribution in [0.5, 0.6) is 11.9 Å². The highest BCUT2D eigenvalue weighted by Gasteiger charge is 2.16. The summed E-state index contributed by atoms with van der Waals surface area (Å²) in [5.41, 5.74) is 5.93. The highest BCUT2D eigenvalue weighted by Crippen LogP contribution is 2.21. The summed E-state index contributed by atoms with van der Waals surface area (Å²) in [6, 6.07) is 7.19. The van der Waals surface area contributed by atoms with Gasteiger partial charge in [-0.1, -0.05) is 0 Å². The van der Waals surface area contributed by atoms with E-state index in [0.717, 1.165) is 0 Å². The standard InChI is InChI=1S/C13H15N5O4S2/c1-21-11-7-10(16-13(17-11)22-2)18-24(19,20)9-5-3-8(4-6-9)15-12(14)23/h3-7H,1-2H3,(H3,14,15,23)(H,16,17,18). The molecule has 0 aliphatic carbocycles. The number of ether oxygens (including phenoxy) is 2. The zero-order valence-corrected chi connectivity index (χ0v) is 14.4. The summed E-state index contributed by atoms with van der Waals surface area (Å²) in [6.45, 7) is 0. The van der Waals surface area contributed by atoms with Crippen LogP contribution in [0.4, 0.5) is 11.5 Å². The average molecular weight is 369 g/mol. The minimum Gasteiger partial charge on any atom is -0.481 e. The number of nitrogens with two attached hydrogens (primary N) is 1. The Labute approximate surface area is 144 Å². The van der Waals surface area contributed by atoms with Crippen LogP contribution >= 0.6 is 12.2 Å². The average Bonchev–Trinajstić information content (AvgIpc) is 2.54. The Kier molecular flexibility index (Phi) is 5.36. The minimum atomic E-state index is -3.85. The monoisotopic (exact) mass is 369 g/mol. The Morgan fingerprint density at radius 3 is 2.38 bits per heavy atom. The third-order valence-corrected chi connectivity index (χ3v) is 4.22. The summed E-state index contributed by atoms with van der Waals surface area (Å²) < 4.78 is 37.0. The fraction of sp³-hybridized carbons (Fsp3) is 0.154. The predicted octanol–water partition coefficient (Wildman–Crippen LogP) is 0.950. The van der Waals surface area contributed by atoms with E-state index in [1.54, 1.807) is 0 Å². The SMILES string of the molecule is COc1cc(NS(=O)(=O)c2ccc(NC(N)=S)cc2)nc(OC)n1. The molecule has 0 aliphatic rings. The smallest absolute Gasteiger partial charge is 0.321 e. The normalized spacial score (nSPS) is 10.8. The van der Waals surface area contributed by atoms with E-state index in [-0.39, 0.29) is 27.7 Å². The van der Waals surface area contributed by atoms with Gasteiger partial charge in [-0.3, -0.25) is 4.72 Å². The number of benzene rings is 1. The van der Waals surface area contributed by atoms with Crippen LogP contribution in [0, 0.1) is 0 Å². The van der Waals surface area contributed by atoms with Crippen molar-refractivity contribution >= 4 is 38.9 Å². The molecule has 11 heteroatoms. The summed E-state index contributed by atoms with van der Waals surface area (Å²) in [6.07, 6.45) is 0. The first-order valence-corrected chi connectivity index (χ1v) is 8.39. The molecule has 2 aromatic rings. The molecule has 128 valence electrons. The zero-order valence-electron chi connectivity index (χ0n) is 12.8. The maximum absolute atomic E-state index is 12.4. The molecule has 9 nitrogen and oxygen atoms in total. The summed E-state index contributed by atoms with van der Waals surface area (Å²) in [5, 5.41) is 2.79. The van der Waals surface area contributed by atoms with Crippen molar-refractivity contribution in [1.29, 1.82) is 0 Å². The van der Waals surface area contributed by atoms with Gasteiger partial charge in [0.2, 0.25) is 5.88 Å². The molecule has 0 atom stereocenters. The molecular formula is C13H15N5O4S2. The van der Waals surface area contributed by atoms with E-state index < -0.39 is 10.0 Å². The second-order valence-corrected chi connectivity index (χ2v) is 6.52. The van der Waals surface area contributed by atoms with E-state index in [2.05, 4.69) is 20.0 Å². The largest absolute Gasteiger partial charge is 0.481 e. The second kappa shape index (κ2) is 7.27. The first kappa shape index (κ1) is 17.7. The molecular weight excluding hydrogens is 354 g/mol. The Hall–Kier alpha value is -2.66. The summed E-state index contributed by atoms with van der Waals surface area (Å²) in [5.74, 6) is 0.180. The van der Waals surface area contributed by atoms with Crippen molar-refractivity contribution in [2.24, 2.45) is 5.73 Å². The van der Waals surface area contributed by atoms with Crippen LogP contribution in [0.2, 0.25) is 0 Å². The third-order valence-electron chi connectivity index (χ3n) is 2.74. The van der Waals surface area contributed by atoms with Crippen molar-refractivity contribution in [3.05, 3.63) is 30.3 Å². The van der Waals surface area contributed by atoms with Crippen LogP contribution in [0.15, 0.2) is 35.2 Å². The number of hydrogen-bond acceptors (Lipinski definition) is 7. The molecule has 1 heterocycles. The van der Waals surface area contributed by atoms with Gasteiger partial charge in [0.15, 0.2) is 10.9 Å². The van der Waals surface area contributed by atoms with Crippen molar-refractivity contribution < 1.29 is 17.9 Å². The maximum atomic E-state index is 12.4. The van der Waals surface area contributed by atoms with Crippen LogP contribution in [0.1, 0.15) is 0 Å². The van der Waals surface area contributed by atoms with Crippen LogP contribution in [0.3, 0.4) is 0 Å². The number of hydrogen-bond donors (Lipinski definition) is 3. The highest BCUT2D eigenvalue weighted by atomic mass is 32.2. The van der Waals surface area contributed by atoms with Crippen LogP contribution in [0.25, 0.3) is 0 Å². The molecule has 0 bridgehead atoms. The molecule has 2 rings (SSSR count). The number of anilines is 2. The quantitative estimate of drug-likeness (QED) is 0.637. The molecule has 24 heavy (non-hydrogen) atoms. The van der Waals surface area contributed by atoms with E-state index in [4.69, 9.17) is 27.4 Å². The topological polar surface area (TPSA) is 128 Å². The van der Waals surface area contributed by atoms with Gasteiger partial charge in [-0.25, -0.2) is 8.42 Å². The zero-order chi connectivity index (χ0) is 17.7. The first-order valence-electron chi connectivity index (χ1n) is 6.50. The van der Waals surface area contributed by atoms with Crippen molar-refractivity contribution in [3.63, 3.8) is 0 Å². The van der Waals surface area contributed by atoms with Gasteiger partial charge in [0.25, 0.3) is 10.0 Å². The first-order chi connectivity index (χ1) is 11.3. The molecule has 0 saturated carbocycles. The molecule has 0 aliphatic heterocycles. The number of rotatable bonds is 6. The number of thiocarbonyl (C=S) groups is 1. The molecule has 0 saturated heterocycles. The van der Waals surface area contributed by atoms with E-state index >= 15 is 0 Å². The lowest BCUT2D eigenvalue weighted by molar-refractivity contribution is 0.353. The summed E-state index contributed by atoms with van der Waals surface area (Å²) in [7, 11) is -1.09. The van der Waals surface area contributed by atoms with Crippen molar-refractivity contribution in [2.75, 3.05) is 24.3 Å². The lowest BCUT2D eigenvalue weighted by Crippen LogP contribution is -2.19. The number of aromatic nitrogens is 2. The number of nitrogens with zero attached hydrogens (tertiary/aromatic N) is 2. The van der Waals surface area contributed by atoms with Crippen molar-refractivity contribution in [1.82, 2.24) is 9.97 Å².